The summed E-state index contributed by atoms with van der Waals surface area (Å²) in [5.74, 6) is 0.563. The monoisotopic (exact) mass is 228 g/mol. The highest BCUT2D eigenvalue weighted by Gasteiger charge is 2.23. The van der Waals surface area contributed by atoms with Crippen LogP contribution in [0.25, 0.3) is 0 Å². The Morgan fingerprint density at radius 3 is 2.50 bits per heavy atom. The van der Waals surface area contributed by atoms with Gasteiger partial charge in [0.25, 0.3) is 0 Å². The van der Waals surface area contributed by atoms with Crippen LogP contribution in [-0.4, -0.2) is 47.8 Å². The zero-order valence-electron chi connectivity index (χ0n) is 11.2. The third-order valence-electron chi connectivity index (χ3n) is 3.45. The lowest BCUT2D eigenvalue weighted by Gasteiger charge is -2.21. The number of likely N-dealkylation sites (tertiary alicyclic amines) is 1. The number of hydrogen-bond acceptors (Lipinski definition) is 3. The fourth-order valence-corrected chi connectivity index (χ4v) is 2.46. The van der Waals surface area contributed by atoms with E-state index in [9.17, 15) is 5.11 Å². The molecule has 0 amide bonds. The summed E-state index contributed by atoms with van der Waals surface area (Å²) >= 11 is 0. The van der Waals surface area contributed by atoms with Crippen molar-refractivity contribution in [3.63, 3.8) is 0 Å². The molecule has 0 aliphatic carbocycles. The molecule has 0 saturated carbocycles. The van der Waals surface area contributed by atoms with E-state index in [1.165, 1.54) is 19.5 Å². The minimum atomic E-state index is -0.174. The van der Waals surface area contributed by atoms with Gasteiger partial charge in [0.1, 0.15) is 0 Å². The molecule has 2 N–H and O–H groups in total. The number of hydrogen-bond donors (Lipinski definition) is 2. The molecule has 3 nitrogen and oxygen atoms in total. The summed E-state index contributed by atoms with van der Waals surface area (Å²) in [5, 5.41) is 12.9. The Hall–Kier alpha value is -0.120. The Kier molecular flexibility index (Phi) is 5.73. The highest BCUT2D eigenvalue weighted by Crippen LogP contribution is 2.13. The Balaban J connectivity index is 2.15. The van der Waals surface area contributed by atoms with Gasteiger partial charge in [0.2, 0.25) is 0 Å². The van der Waals surface area contributed by atoms with Crippen molar-refractivity contribution >= 4 is 0 Å². The SMILES string of the molecule is CC(O)CC(C)CNC1CCN(C(C)C)C1. The van der Waals surface area contributed by atoms with Gasteiger partial charge in [-0.15, -0.1) is 0 Å². The van der Waals surface area contributed by atoms with Crippen LogP contribution in [0.3, 0.4) is 0 Å². The van der Waals surface area contributed by atoms with Gasteiger partial charge < -0.3 is 10.4 Å². The Morgan fingerprint density at radius 1 is 1.31 bits per heavy atom. The van der Waals surface area contributed by atoms with Gasteiger partial charge in [0, 0.05) is 18.6 Å². The van der Waals surface area contributed by atoms with Gasteiger partial charge in [-0.3, -0.25) is 4.90 Å². The standard InChI is InChI=1S/C13H28N2O/c1-10(2)15-6-5-13(9-15)14-8-11(3)7-12(4)16/h10-14,16H,5-9H2,1-4H3. The topological polar surface area (TPSA) is 35.5 Å². The van der Waals surface area contributed by atoms with Crippen molar-refractivity contribution in [3.05, 3.63) is 0 Å². The summed E-state index contributed by atoms with van der Waals surface area (Å²) < 4.78 is 0. The average molecular weight is 228 g/mol. The quantitative estimate of drug-likeness (QED) is 0.722. The molecule has 3 unspecified atom stereocenters. The molecule has 0 aromatic carbocycles. The van der Waals surface area contributed by atoms with Crippen LogP contribution in [0.1, 0.15) is 40.5 Å². The van der Waals surface area contributed by atoms with E-state index in [0.29, 0.717) is 18.0 Å². The summed E-state index contributed by atoms with van der Waals surface area (Å²) in [7, 11) is 0. The fourth-order valence-electron chi connectivity index (χ4n) is 2.46. The molecule has 0 bridgehead atoms. The Bertz CT molecular complexity index is 194. The molecule has 0 radical (unpaired) electrons. The van der Waals surface area contributed by atoms with Crippen molar-refractivity contribution in [2.24, 2.45) is 5.92 Å². The Morgan fingerprint density at radius 2 is 2.00 bits per heavy atom. The normalized spacial score (nSPS) is 26.2. The molecule has 3 heteroatoms. The maximum atomic E-state index is 9.29. The predicted molar refractivity (Wildman–Crippen MR) is 68.6 cm³/mol. The molecule has 0 aromatic rings. The van der Waals surface area contributed by atoms with E-state index < -0.39 is 0 Å². The fraction of sp³-hybridized carbons (Fsp3) is 1.00. The minimum absolute atomic E-state index is 0.174. The van der Waals surface area contributed by atoms with Crippen LogP contribution in [0.4, 0.5) is 0 Å². The van der Waals surface area contributed by atoms with Crippen LogP contribution in [0.15, 0.2) is 0 Å². The van der Waals surface area contributed by atoms with Crippen molar-refractivity contribution in [3.8, 4) is 0 Å². The van der Waals surface area contributed by atoms with Crippen LogP contribution in [0.2, 0.25) is 0 Å². The molecule has 3 atom stereocenters. The lowest BCUT2D eigenvalue weighted by atomic mass is 10.0. The van der Waals surface area contributed by atoms with E-state index in [4.69, 9.17) is 0 Å². The molecule has 0 aromatic heterocycles. The second-order valence-corrected chi connectivity index (χ2v) is 5.67. The summed E-state index contributed by atoms with van der Waals surface area (Å²) in [6.07, 6.45) is 1.99. The van der Waals surface area contributed by atoms with Crippen LogP contribution >= 0.6 is 0 Å². The van der Waals surface area contributed by atoms with Crippen LogP contribution in [0.5, 0.6) is 0 Å². The molecule has 1 aliphatic rings. The van der Waals surface area contributed by atoms with E-state index in [1.54, 1.807) is 0 Å². The first-order valence-electron chi connectivity index (χ1n) is 6.64. The average Bonchev–Trinajstić information content (AvgIpc) is 2.61. The number of nitrogens with zero attached hydrogens (tertiary/aromatic N) is 1. The van der Waals surface area contributed by atoms with Gasteiger partial charge in [-0.2, -0.15) is 0 Å². The molecule has 0 spiro atoms. The van der Waals surface area contributed by atoms with Crippen molar-refractivity contribution in [1.82, 2.24) is 10.2 Å². The zero-order chi connectivity index (χ0) is 12.1. The van der Waals surface area contributed by atoms with Crippen LogP contribution in [0, 0.1) is 5.92 Å². The molecule has 1 heterocycles. The molecule has 16 heavy (non-hydrogen) atoms. The molecule has 1 fully saturated rings. The number of rotatable bonds is 6. The van der Waals surface area contributed by atoms with Gasteiger partial charge in [-0.1, -0.05) is 6.92 Å². The van der Waals surface area contributed by atoms with Gasteiger partial charge in [0.05, 0.1) is 6.10 Å². The third kappa shape index (κ3) is 4.81. The lowest BCUT2D eigenvalue weighted by molar-refractivity contribution is 0.162. The largest absolute Gasteiger partial charge is 0.393 e. The minimum Gasteiger partial charge on any atom is -0.393 e. The van der Waals surface area contributed by atoms with Gasteiger partial charge >= 0.3 is 0 Å². The van der Waals surface area contributed by atoms with Crippen molar-refractivity contribution < 1.29 is 5.11 Å². The molecule has 1 rings (SSSR count). The first kappa shape index (κ1) is 13.9. The van der Waals surface area contributed by atoms with Crippen molar-refractivity contribution in [2.75, 3.05) is 19.6 Å². The molecular formula is C13H28N2O. The molecule has 1 aliphatic heterocycles. The van der Waals surface area contributed by atoms with E-state index in [1.807, 2.05) is 6.92 Å². The van der Waals surface area contributed by atoms with Gasteiger partial charge in [-0.25, -0.2) is 0 Å². The molecular weight excluding hydrogens is 200 g/mol. The Labute approximate surface area is 100 Å². The van der Waals surface area contributed by atoms with Crippen LogP contribution in [-0.2, 0) is 0 Å². The summed E-state index contributed by atoms with van der Waals surface area (Å²) in [4.78, 5) is 2.52. The molecule has 1 saturated heterocycles. The highest BCUT2D eigenvalue weighted by atomic mass is 16.3. The summed E-state index contributed by atoms with van der Waals surface area (Å²) in [6.45, 7) is 12.0. The number of nitrogens with one attached hydrogen (secondary N) is 1. The number of aliphatic hydroxyl groups is 1. The van der Waals surface area contributed by atoms with E-state index in [-0.39, 0.29) is 6.10 Å². The zero-order valence-corrected chi connectivity index (χ0v) is 11.2. The predicted octanol–water partition coefficient (Wildman–Crippen LogP) is 1.47. The maximum Gasteiger partial charge on any atom is 0.0515 e. The highest BCUT2D eigenvalue weighted by molar-refractivity contribution is 4.83. The first-order chi connectivity index (χ1) is 7.49. The first-order valence-corrected chi connectivity index (χ1v) is 6.64. The van der Waals surface area contributed by atoms with E-state index in [0.717, 1.165) is 13.0 Å². The molecule has 96 valence electrons. The van der Waals surface area contributed by atoms with Crippen molar-refractivity contribution in [2.45, 2.75) is 58.7 Å². The second-order valence-electron chi connectivity index (χ2n) is 5.67. The smallest absolute Gasteiger partial charge is 0.0515 e. The lowest BCUT2D eigenvalue weighted by Crippen LogP contribution is -2.37. The van der Waals surface area contributed by atoms with Crippen LogP contribution < -0.4 is 5.32 Å². The maximum absolute atomic E-state index is 9.29. The van der Waals surface area contributed by atoms with Gasteiger partial charge in [-0.05, 0) is 52.6 Å². The second kappa shape index (κ2) is 6.58. The van der Waals surface area contributed by atoms with E-state index >= 15 is 0 Å². The number of aliphatic hydroxyl groups excluding tert-OH is 1. The summed E-state index contributed by atoms with van der Waals surface area (Å²) in [5.41, 5.74) is 0. The third-order valence-corrected chi connectivity index (χ3v) is 3.45. The van der Waals surface area contributed by atoms with Crippen molar-refractivity contribution in [1.29, 1.82) is 0 Å². The van der Waals surface area contributed by atoms with E-state index in [2.05, 4.69) is 31.0 Å². The van der Waals surface area contributed by atoms with Gasteiger partial charge in [0.15, 0.2) is 0 Å². The summed E-state index contributed by atoms with van der Waals surface area (Å²) in [6, 6.07) is 1.32.